The van der Waals surface area contributed by atoms with Gasteiger partial charge in [0.25, 0.3) is 5.91 Å². The standard InChI is InChI=1S/C15H16N4O3/c1-19(15(20)13-14(16)18-7-6-17-13)8-10-9-21-11-4-2-3-5-12(11)22-10/h2-7,10H,8-9H2,1H3,(H2,16,18). The van der Waals surface area contributed by atoms with Crippen molar-refractivity contribution in [3.63, 3.8) is 0 Å². The van der Waals surface area contributed by atoms with Crippen LogP contribution in [0.4, 0.5) is 5.82 Å². The lowest BCUT2D eigenvalue weighted by atomic mass is 10.2. The van der Waals surface area contributed by atoms with Crippen LogP contribution in [-0.4, -0.2) is 47.1 Å². The Morgan fingerprint density at radius 1 is 1.32 bits per heavy atom. The number of carbonyl (C=O) groups excluding carboxylic acids is 1. The maximum atomic E-state index is 12.3. The number of hydrogen-bond acceptors (Lipinski definition) is 6. The highest BCUT2D eigenvalue weighted by Crippen LogP contribution is 2.31. The van der Waals surface area contributed by atoms with Gasteiger partial charge in [0.2, 0.25) is 0 Å². The average Bonchev–Trinajstić information content (AvgIpc) is 2.54. The van der Waals surface area contributed by atoms with E-state index in [0.717, 1.165) is 0 Å². The fourth-order valence-electron chi connectivity index (χ4n) is 2.24. The van der Waals surface area contributed by atoms with Crippen molar-refractivity contribution >= 4 is 11.7 Å². The van der Waals surface area contributed by atoms with Gasteiger partial charge in [-0.1, -0.05) is 12.1 Å². The van der Waals surface area contributed by atoms with E-state index in [1.807, 2.05) is 24.3 Å². The van der Waals surface area contributed by atoms with Crippen LogP contribution in [0.3, 0.4) is 0 Å². The van der Waals surface area contributed by atoms with Gasteiger partial charge in [0.05, 0.1) is 6.54 Å². The van der Waals surface area contributed by atoms with Crippen LogP contribution in [-0.2, 0) is 0 Å². The number of carbonyl (C=O) groups is 1. The third-order valence-electron chi connectivity index (χ3n) is 3.32. The zero-order chi connectivity index (χ0) is 15.5. The SMILES string of the molecule is CN(CC1COc2ccccc2O1)C(=O)c1nccnc1N. The number of ether oxygens (including phenoxy) is 2. The van der Waals surface area contributed by atoms with Gasteiger partial charge in [-0.2, -0.15) is 0 Å². The number of amides is 1. The molecule has 1 aliphatic rings. The van der Waals surface area contributed by atoms with Gasteiger partial charge < -0.3 is 20.1 Å². The van der Waals surface area contributed by atoms with E-state index in [9.17, 15) is 4.79 Å². The number of hydrogen-bond donors (Lipinski definition) is 1. The van der Waals surface area contributed by atoms with Gasteiger partial charge in [0.1, 0.15) is 6.61 Å². The Balaban J connectivity index is 1.67. The van der Waals surface area contributed by atoms with Crippen molar-refractivity contribution in [1.82, 2.24) is 14.9 Å². The summed E-state index contributed by atoms with van der Waals surface area (Å²) in [5.41, 5.74) is 5.82. The first-order valence-electron chi connectivity index (χ1n) is 6.85. The van der Waals surface area contributed by atoms with Crippen LogP contribution >= 0.6 is 0 Å². The first-order valence-corrected chi connectivity index (χ1v) is 6.85. The predicted octanol–water partition coefficient (Wildman–Crippen LogP) is 0.971. The zero-order valence-electron chi connectivity index (χ0n) is 12.1. The molecule has 0 spiro atoms. The van der Waals surface area contributed by atoms with Crippen molar-refractivity contribution in [2.24, 2.45) is 0 Å². The van der Waals surface area contributed by atoms with Crippen molar-refractivity contribution in [1.29, 1.82) is 0 Å². The Morgan fingerprint density at radius 3 is 2.82 bits per heavy atom. The topological polar surface area (TPSA) is 90.6 Å². The third-order valence-corrected chi connectivity index (χ3v) is 3.32. The predicted molar refractivity (Wildman–Crippen MR) is 79.8 cm³/mol. The summed E-state index contributed by atoms with van der Waals surface area (Å²) in [4.78, 5) is 21.7. The van der Waals surface area contributed by atoms with Crippen molar-refractivity contribution in [2.75, 3.05) is 25.9 Å². The molecule has 1 aromatic carbocycles. The van der Waals surface area contributed by atoms with Gasteiger partial charge in [-0.15, -0.1) is 0 Å². The fraction of sp³-hybridized carbons (Fsp3) is 0.267. The molecule has 114 valence electrons. The Morgan fingerprint density at radius 2 is 2.05 bits per heavy atom. The summed E-state index contributed by atoms with van der Waals surface area (Å²) in [5, 5.41) is 0. The van der Waals surface area contributed by atoms with Crippen LogP contribution in [0, 0.1) is 0 Å². The molecule has 1 amide bonds. The minimum Gasteiger partial charge on any atom is -0.486 e. The van der Waals surface area contributed by atoms with Crippen molar-refractivity contribution in [3.05, 3.63) is 42.4 Å². The second-order valence-electron chi connectivity index (χ2n) is 4.97. The van der Waals surface area contributed by atoms with Crippen molar-refractivity contribution < 1.29 is 14.3 Å². The normalized spacial score (nSPS) is 16.1. The molecule has 7 heteroatoms. The molecule has 0 saturated heterocycles. The van der Waals surface area contributed by atoms with Gasteiger partial charge in [0, 0.05) is 19.4 Å². The second kappa shape index (κ2) is 5.88. The molecule has 0 radical (unpaired) electrons. The molecule has 1 unspecified atom stereocenters. The Hall–Kier alpha value is -2.83. The zero-order valence-corrected chi connectivity index (χ0v) is 12.1. The van der Waals surface area contributed by atoms with E-state index in [1.165, 1.54) is 17.3 Å². The molecule has 3 rings (SSSR count). The molecule has 22 heavy (non-hydrogen) atoms. The van der Waals surface area contributed by atoms with E-state index in [0.29, 0.717) is 24.7 Å². The van der Waals surface area contributed by atoms with Crippen LogP contribution in [0.5, 0.6) is 11.5 Å². The number of aromatic nitrogens is 2. The van der Waals surface area contributed by atoms with Crippen molar-refractivity contribution in [3.8, 4) is 11.5 Å². The summed E-state index contributed by atoms with van der Waals surface area (Å²) >= 11 is 0. The molecule has 2 aromatic rings. The maximum absolute atomic E-state index is 12.3. The van der Waals surface area contributed by atoms with Gasteiger partial charge in [-0.05, 0) is 12.1 Å². The highest BCUT2D eigenvalue weighted by Gasteiger charge is 2.25. The minimum atomic E-state index is -0.298. The van der Waals surface area contributed by atoms with Crippen LogP contribution in [0.15, 0.2) is 36.7 Å². The first kappa shape index (κ1) is 14.1. The molecule has 2 heterocycles. The molecule has 2 N–H and O–H groups in total. The summed E-state index contributed by atoms with van der Waals surface area (Å²) < 4.78 is 11.5. The number of likely N-dealkylation sites (N-methyl/N-ethyl adjacent to an activating group) is 1. The highest BCUT2D eigenvalue weighted by molar-refractivity contribution is 5.96. The number of nitrogen functional groups attached to an aromatic ring is 1. The number of benzene rings is 1. The lowest BCUT2D eigenvalue weighted by molar-refractivity contribution is 0.0518. The Kier molecular flexibility index (Phi) is 3.78. The smallest absolute Gasteiger partial charge is 0.276 e. The van der Waals surface area contributed by atoms with E-state index < -0.39 is 0 Å². The third kappa shape index (κ3) is 2.78. The summed E-state index contributed by atoms with van der Waals surface area (Å²) in [6.45, 7) is 0.744. The summed E-state index contributed by atoms with van der Waals surface area (Å²) in [6.07, 6.45) is 2.64. The average molecular weight is 300 g/mol. The Labute approximate surface area is 127 Å². The molecule has 0 aliphatic carbocycles. The van der Waals surface area contributed by atoms with Crippen LogP contribution < -0.4 is 15.2 Å². The number of anilines is 1. The molecular weight excluding hydrogens is 284 g/mol. The Bertz CT molecular complexity index is 692. The summed E-state index contributed by atoms with van der Waals surface area (Å²) in [6, 6.07) is 7.44. The number of fused-ring (bicyclic) bond motifs is 1. The highest BCUT2D eigenvalue weighted by atomic mass is 16.6. The first-order chi connectivity index (χ1) is 10.6. The maximum Gasteiger partial charge on any atom is 0.276 e. The van der Waals surface area contributed by atoms with E-state index >= 15 is 0 Å². The van der Waals surface area contributed by atoms with Crippen LogP contribution in [0.2, 0.25) is 0 Å². The van der Waals surface area contributed by atoms with E-state index in [-0.39, 0.29) is 23.5 Å². The van der Waals surface area contributed by atoms with Gasteiger partial charge in [-0.25, -0.2) is 9.97 Å². The molecule has 0 bridgehead atoms. The largest absolute Gasteiger partial charge is 0.486 e. The second-order valence-corrected chi connectivity index (χ2v) is 4.97. The van der Waals surface area contributed by atoms with Gasteiger partial charge in [-0.3, -0.25) is 4.79 Å². The van der Waals surface area contributed by atoms with Gasteiger partial charge in [0.15, 0.2) is 29.1 Å². The number of nitrogens with two attached hydrogens (primary N) is 1. The van der Waals surface area contributed by atoms with Gasteiger partial charge >= 0.3 is 0 Å². The molecular formula is C15H16N4O3. The molecule has 1 aliphatic heterocycles. The minimum absolute atomic E-state index is 0.116. The fourth-order valence-corrected chi connectivity index (χ4v) is 2.24. The van der Waals surface area contributed by atoms with E-state index in [4.69, 9.17) is 15.2 Å². The van der Waals surface area contributed by atoms with E-state index in [2.05, 4.69) is 9.97 Å². The van der Waals surface area contributed by atoms with Crippen molar-refractivity contribution in [2.45, 2.75) is 6.10 Å². The quantitative estimate of drug-likeness (QED) is 0.908. The molecule has 0 saturated carbocycles. The lowest BCUT2D eigenvalue weighted by Gasteiger charge is -2.29. The van der Waals surface area contributed by atoms with E-state index in [1.54, 1.807) is 7.05 Å². The number of nitrogens with zero attached hydrogens (tertiary/aromatic N) is 3. The summed E-state index contributed by atoms with van der Waals surface area (Å²) in [7, 11) is 1.67. The number of para-hydroxylation sites is 2. The number of rotatable bonds is 3. The lowest BCUT2D eigenvalue weighted by Crippen LogP contribution is -2.42. The monoisotopic (exact) mass is 300 g/mol. The molecule has 7 nitrogen and oxygen atoms in total. The molecule has 1 atom stereocenters. The molecule has 0 fully saturated rings. The summed E-state index contributed by atoms with van der Waals surface area (Å²) in [5.74, 6) is 1.21. The molecule has 1 aromatic heterocycles. The van der Waals surface area contributed by atoms with Crippen LogP contribution in [0.1, 0.15) is 10.5 Å². The van der Waals surface area contributed by atoms with Crippen LogP contribution in [0.25, 0.3) is 0 Å².